The molecule has 0 aliphatic heterocycles. The maximum Gasteiger partial charge on any atom is 0.306 e. The Morgan fingerprint density at radius 1 is 0.484 bits per heavy atom. The fourth-order valence-corrected chi connectivity index (χ4v) is 8.15. The van der Waals surface area contributed by atoms with Crippen molar-refractivity contribution in [1.82, 2.24) is 0 Å². The average molecular weight is 902 g/mol. The van der Waals surface area contributed by atoms with Crippen LogP contribution in [0.2, 0.25) is 0 Å². The number of aliphatic carboxylic acids is 1. The molecule has 0 saturated heterocycles. The second-order valence-electron chi connectivity index (χ2n) is 19.4. The average Bonchev–Trinajstić information content (AvgIpc) is 3.26. The van der Waals surface area contributed by atoms with E-state index < -0.39 is 18.1 Å². The van der Waals surface area contributed by atoms with Crippen molar-refractivity contribution in [2.75, 3.05) is 41.0 Å². The highest BCUT2D eigenvalue weighted by Crippen LogP contribution is 2.17. The van der Waals surface area contributed by atoms with E-state index in [1.54, 1.807) is 0 Å². The summed E-state index contributed by atoms with van der Waals surface area (Å²) in [6.07, 6.45) is 56.1. The summed E-state index contributed by atoms with van der Waals surface area (Å²) < 4.78 is 17.3. The summed E-state index contributed by atoms with van der Waals surface area (Å²) in [6, 6.07) is -0.726. The summed E-state index contributed by atoms with van der Waals surface area (Å²) in [4.78, 5) is 37.1. The topological polar surface area (TPSA) is 102 Å². The largest absolute Gasteiger partial charge is 0.544 e. The van der Waals surface area contributed by atoms with Crippen molar-refractivity contribution >= 4 is 17.9 Å². The smallest absolute Gasteiger partial charge is 0.306 e. The minimum absolute atomic E-state index is 0.0418. The van der Waals surface area contributed by atoms with E-state index in [9.17, 15) is 19.5 Å². The van der Waals surface area contributed by atoms with Gasteiger partial charge >= 0.3 is 11.9 Å². The molecular formula is C56H103NO7. The SMILES string of the molecule is CC/C=C/C/C=C/C/C=C/CCCCCCCCCCCC(=O)OC(COCCC(C(=O)[O-])[N+](C)(C)C)COC(=O)CCCCCCCCCCCCCCCCCCCCCCC. The van der Waals surface area contributed by atoms with Gasteiger partial charge in [-0.2, -0.15) is 0 Å². The molecule has 0 aliphatic carbocycles. The molecule has 0 bridgehead atoms. The van der Waals surface area contributed by atoms with E-state index >= 15 is 0 Å². The van der Waals surface area contributed by atoms with Gasteiger partial charge in [0.1, 0.15) is 12.6 Å². The van der Waals surface area contributed by atoms with Crippen molar-refractivity contribution in [3.63, 3.8) is 0 Å². The number of rotatable bonds is 49. The number of hydrogen-bond donors (Lipinski definition) is 0. The Morgan fingerprint density at radius 3 is 1.30 bits per heavy atom. The number of allylic oxidation sites excluding steroid dienone is 6. The number of carbonyl (C=O) groups excluding carboxylic acids is 3. The predicted molar refractivity (Wildman–Crippen MR) is 268 cm³/mol. The molecule has 0 rings (SSSR count). The molecule has 64 heavy (non-hydrogen) atoms. The Hall–Kier alpha value is -2.45. The van der Waals surface area contributed by atoms with E-state index in [1.807, 2.05) is 21.1 Å². The molecule has 2 atom stereocenters. The van der Waals surface area contributed by atoms with E-state index in [2.05, 4.69) is 50.3 Å². The molecule has 2 unspecified atom stereocenters. The van der Waals surface area contributed by atoms with Crippen LogP contribution in [0.15, 0.2) is 36.5 Å². The van der Waals surface area contributed by atoms with Gasteiger partial charge in [-0.15, -0.1) is 0 Å². The third kappa shape index (κ3) is 44.7. The number of carboxylic acids is 1. The zero-order valence-corrected chi connectivity index (χ0v) is 42.7. The number of nitrogens with zero attached hydrogens (tertiary/aromatic N) is 1. The molecule has 0 aromatic rings. The molecule has 374 valence electrons. The van der Waals surface area contributed by atoms with Crippen LogP contribution in [0.3, 0.4) is 0 Å². The Kier molecular flexibility index (Phi) is 45.3. The van der Waals surface area contributed by atoms with Crippen LogP contribution in [0.5, 0.6) is 0 Å². The van der Waals surface area contributed by atoms with Crippen molar-refractivity contribution < 1.29 is 38.2 Å². The summed E-state index contributed by atoms with van der Waals surface area (Å²) in [5.41, 5.74) is 0. The molecule has 0 spiro atoms. The van der Waals surface area contributed by atoms with Crippen LogP contribution in [-0.4, -0.2) is 75.5 Å². The summed E-state index contributed by atoms with van der Waals surface area (Å²) in [6.45, 7) is 4.59. The first-order chi connectivity index (χ1) is 31.1. The van der Waals surface area contributed by atoms with Crippen LogP contribution < -0.4 is 5.11 Å². The summed E-state index contributed by atoms with van der Waals surface area (Å²) in [5.74, 6) is -1.73. The third-order valence-electron chi connectivity index (χ3n) is 12.3. The van der Waals surface area contributed by atoms with Gasteiger partial charge in [0, 0.05) is 19.3 Å². The standard InChI is InChI=1S/C56H103NO7/c1-6-8-10-12-14-16-18-20-22-24-26-27-29-30-32-34-36-38-40-42-44-46-54(58)63-51-52(50-62-49-48-53(56(60)61)57(3,4)5)64-55(59)47-45-43-41-39-37-35-33-31-28-25-23-21-19-17-15-13-11-9-7-2/h9,11,15,17,21,23,52-53H,6-8,10,12-14,16,18-20,22,24-51H2,1-5H3/b11-9+,17-15+,23-21+. The maximum atomic E-state index is 12.8. The van der Waals surface area contributed by atoms with Gasteiger partial charge in [-0.1, -0.05) is 224 Å². The van der Waals surface area contributed by atoms with Crippen LogP contribution in [0.4, 0.5) is 0 Å². The lowest BCUT2D eigenvalue weighted by Gasteiger charge is -2.34. The van der Waals surface area contributed by atoms with Gasteiger partial charge in [0.15, 0.2) is 6.10 Å². The van der Waals surface area contributed by atoms with Crippen molar-refractivity contribution in [3.05, 3.63) is 36.5 Å². The fraction of sp³-hybridized carbons (Fsp3) is 0.839. The molecule has 0 N–H and O–H groups in total. The number of likely N-dealkylation sites (N-methyl/N-ethyl adjacent to an activating group) is 1. The second-order valence-corrected chi connectivity index (χ2v) is 19.4. The second kappa shape index (κ2) is 47.1. The van der Waals surface area contributed by atoms with Gasteiger partial charge in [-0.05, 0) is 44.9 Å². The number of ether oxygens (including phenoxy) is 3. The number of quaternary nitrogens is 1. The Labute approximate surface area is 395 Å². The van der Waals surface area contributed by atoms with Crippen LogP contribution in [0, 0.1) is 0 Å². The van der Waals surface area contributed by atoms with Gasteiger partial charge < -0.3 is 28.6 Å². The highest BCUT2D eigenvalue weighted by atomic mass is 16.6. The zero-order valence-electron chi connectivity index (χ0n) is 42.7. The molecule has 0 aromatic heterocycles. The highest BCUT2D eigenvalue weighted by molar-refractivity contribution is 5.70. The lowest BCUT2D eigenvalue weighted by atomic mass is 10.0. The van der Waals surface area contributed by atoms with Gasteiger partial charge in [0.2, 0.25) is 0 Å². The van der Waals surface area contributed by atoms with Gasteiger partial charge in [-0.25, -0.2) is 0 Å². The highest BCUT2D eigenvalue weighted by Gasteiger charge is 2.25. The van der Waals surface area contributed by atoms with Gasteiger partial charge in [0.25, 0.3) is 0 Å². The van der Waals surface area contributed by atoms with E-state index in [4.69, 9.17) is 14.2 Å². The number of carboxylic acid groups (broad SMARTS) is 1. The lowest BCUT2D eigenvalue weighted by molar-refractivity contribution is -0.889. The van der Waals surface area contributed by atoms with E-state index in [-0.39, 0.29) is 42.7 Å². The Bertz CT molecular complexity index is 1140. The normalized spacial score (nSPS) is 13.1. The molecule has 0 aliphatic rings. The third-order valence-corrected chi connectivity index (χ3v) is 12.3. The molecule has 8 nitrogen and oxygen atoms in total. The van der Waals surface area contributed by atoms with E-state index in [0.29, 0.717) is 12.8 Å². The first-order valence-corrected chi connectivity index (χ1v) is 27.0. The van der Waals surface area contributed by atoms with Crippen LogP contribution >= 0.6 is 0 Å². The van der Waals surface area contributed by atoms with E-state index in [0.717, 1.165) is 64.2 Å². The molecular weight excluding hydrogens is 799 g/mol. The van der Waals surface area contributed by atoms with Crippen LogP contribution in [-0.2, 0) is 28.6 Å². The lowest BCUT2D eigenvalue weighted by Crippen LogP contribution is -2.55. The van der Waals surface area contributed by atoms with E-state index in [1.165, 1.54) is 154 Å². The van der Waals surface area contributed by atoms with Crippen molar-refractivity contribution in [2.24, 2.45) is 0 Å². The Morgan fingerprint density at radius 2 is 0.875 bits per heavy atom. The summed E-state index contributed by atoms with van der Waals surface area (Å²) >= 11 is 0. The molecule has 0 fully saturated rings. The van der Waals surface area contributed by atoms with Gasteiger partial charge in [0.05, 0.1) is 40.3 Å². The number of carbonyl (C=O) groups is 3. The molecule has 0 saturated carbocycles. The zero-order chi connectivity index (χ0) is 47.0. The minimum Gasteiger partial charge on any atom is -0.544 e. The van der Waals surface area contributed by atoms with Gasteiger partial charge in [-0.3, -0.25) is 9.59 Å². The quantitative estimate of drug-likeness (QED) is 0.0259. The molecule has 0 radical (unpaired) electrons. The number of hydrogen-bond acceptors (Lipinski definition) is 7. The van der Waals surface area contributed by atoms with Crippen LogP contribution in [0.25, 0.3) is 0 Å². The Balaban J connectivity index is 4.18. The maximum absolute atomic E-state index is 12.8. The number of esters is 2. The van der Waals surface area contributed by atoms with Crippen molar-refractivity contribution in [1.29, 1.82) is 0 Å². The predicted octanol–water partition coefficient (Wildman–Crippen LogP) is 14.4. The first kappa shape index (κ1) is 61.5. The molecule has 0 amide bonds. The summed E-state index contributed by atoms with van der Waals surface area (Å²) in [7, 11) is 5.42. The summed E-state index contributed by atoms with van der Waals surface area (Å²) in [5, 5.41) is 11.7. The molecule has 0 heterocycles. The minimum atomic E-state index is -1.12. The first-order valence-electron chi connectivity index (χ1n) is 27.0. The molecule has 8 heteroatoms. The van der Waals surface area contributed by atoms with Crippen molar-refractivity contribution in [3.8, 4) is 0 Å². The van der Waals surface area contributed by atoms with Crippen molar-refractivity contribution in [2.45, 2.75) is 264 Å². The van der Waals surface area contributed by atoms with Crippen LogP contribution in [0.1, 0.15) is 251 Å². The number of unbranched alkanes of at least 4 members (excludes halogenated alkanes) is 29. The fourth-order valence-electron chi connectivity index (χ4n) is 8.15. The monoisotopic (exact) mass is 902 g/mol. The molecule has 0 aromatic carbocycles.